The number of nitrogens with one attached hydrogen (secondary N) is 1. The van der Waals surface area contributed by atoms with Crippen LogP contribution in [0.4, 0.5) is 0 Å². The first kappa shape index (κ1) is 19.3. The maximum atomic E-state index is 12.5. The minimum Gasteiger partial charge on any atom is -0.468 e. The summed E-state index contributed by atoms with van der Waals surface area (Å²) in [7, 11) is 0. The summed E-state index contributed by atoms with van der Waals surface area (Å²) in [5.41, 5.74) is 1.63. The molecule has 1 amide bonds. The molecular weight excluding hydrogens is 348 g/mol. The zero-order chi connectivity index (χ0) is 19.2. The first-order valence-electron chi connectivity index (χ1n) is 10.9. The van der Waals surface area contributed by atoms with Crippen molar-refractivity contribution in [3.63, 3.8) is 0 Å². The van der Waals surface area contributed by atoms with Crippen molar-refractivity contribution in [1.29, 1.82) is 0 Å². The predicted molar refractivity (Wildman–Crippen MR) is 113 cm³/mol. The third-order valence-electron chi connectivity index (χ3n) is 6.17. The summed E-state index contributed by atoms with van der Waals surface area (Å²) in [6, 6.07) is 8.30. The van der Waals surface area contributed by atoms with Crippen LogP contribution in [-0.2, 0) is 11.2 Å². The van der Waals surface area contributed by atoms with Crippen LogP contribution in [0.5, 0.6) is 0 Å². The number of fused-ring (bicyclic) bond motifs is 1. The normalized spacial score (nSPS) is 19.8. The van der Waals surface area contributed by atoms with Gasteiger partial charge >= 0.3 is 0 Å². The highest BCUT2D eigenvalue weighted by molar-refractivity contribution is 5.88. The van der Waals surface area contributed by atoms with Crippen LogP contribution in [0.3, 0.4) is 0 Å². The first-order valence-corrected chi connectivity index (χ1v) is 10.9. The van der Waals surface area contributed by atoms with E-state index in [-0.39, 0.29) is 11.9 Å². The second kappa shape index (κ2) is 9.42. The van der Waals surface area contributed by atoms with Crippen molar-refractivity contribution in [2.24, 2.45) is 0 Å². The number of allylic oxidation sites excluding steroid dienone is 1. The predicted octanol–water partition coefficient (Wildman–Crippen LogP) is 4.84. The fraction of sp³-hybridized carbons (Fsp3) is 0.542. The van der Waals surface area contributed by atoms with E-state index in [9.17, 15) is 4.79 Å². The van der Waals surface area contributed by atoms with Gasteiger partial charge < -0.3 is 9.73 Å². The Balaban J connectivity index is 1.23. The number of likely N-dealkylation sites (tertiary alicyclic amines) is 1. The molecule has 150 valence electrons. The van der Waals surface area contributed by atoms with Crippen molar-refractivity contribution in [2.75, 3.05) is 19.6 Å². The molecule has 0 saturated carbocycles. The highest BCUT2D eigenvalue weighted by Gasteiger charge is 2.22. The Morgan fingerprint density at radius 2 is 1.93 bits per heavy atom. The number of carbonyl (C=O) groups excluding carboxylic acids is 1. The maximum Gasteiger partial charge on any atom is 0.227 e. The third-order valence-corrected chi connectivity index (χ3v) is 6.17. The summed E-state index contributed by atoms with van der Waals surface area (Å²) in [6.45, 7) is 3.27. The van der Waals surface area contributed by atoms with Gasteiger partial charge in [-0.25, -0.2) is 0 Å². The van der Waals surface area contributed by atoms with Gasteiger partial charge in [0.25, 0.3) is 0 Å². The zero-order valence-electron chi connectivity index (χ0n) is 16.8. The smallest absolute Gasteiger partial charge is 0.227 e. The number of carbonyl (C=O) groups is 1. The molecule has 2 aliphatic rings. The van der Waals surface area contributed by atoms with Crippen molar-refractivity contribution >= 4 is 16.7 Å². The molecule has 1 saturated heterocycles. The summed E-state index contributed by atoms with van der Waals surface area (Å²) in [5, 5.41) is 5.32. The van der Waals surface area contributed by atoms with Gasteiger partial charge in [-0.05, 0) is 38.5 Å². The van der Waals surface area contributed by atoms with E-state index in [1.165, 1.54) is 38.5 Å². The largest absolute Gasteiger partial charge is 0.468 e. The summed E-state index contributed by atoms with van der Waals surface area (Å²) in [4.78, 5) is 15.1. The van der Waals surface area contributed by atoms with E-state index in [0.717, 1.165) is 49.0 Å². The van der Waals surface area contributed by atoms with Gasteiger partial charge in [-0.1, -0.05) is 48.8 Å². The first-order chi connectivity index (χ1) is 13.8. The summed E-state index contributed by atoms with van der Waals surface area (Å²) < 4.78 is 5.62. The van der Waals surface area contributed by atoms with E-state index >= 15 is 0 Å². The highest BCUT2D eigenvalue weighted by Crippen LogP contribution is 2.22. The van der Waals surface area contributed by atoms with Gasteiger partial charge in [0, 0.05) is 36.4 Å². The minimum absolute atomic E-state index is 0.0706. The molecule has 2 heterocycles. The summed E-state index contributed by atoms with van der Waals surface area (Å²) >= 11 is 0. The average molecular weight is 381 g/mol. The maximum absolute atomic E-state index is 12.5. The lowest BCUT2D eigenvalue weighted by molar-refractivity contribution is -0.121. The zero-order valence-corrected chi connectivity index (χ0v) is 16.8. The van der Waals surface area contributed by atoms with E-state index in [4.69, 9.17) is 4.42 Å². The molecule has 1 aliphatic carbocycles. The second-order valence-electron chi connectivity index (χ2n) is 8.36. The van der Waals surface area contributed by atoms with Gasteiger partial charge in [-0.3, -0.25) is 9.69 Å². The van der Waals surface area contributed by atoms with E-state index in [1.807, 2.05) is 24.3 Å². The van der Waals surface area contributed by atoms with Crippen LogP contribution in [0.15, 0.2) is 46.6 Å². The number of rotatable bonds is 5. The fourth-order valence-electron chi connectivity index (χ4n) is 4.54. The molecule has 1 aliphatic heterocycles. The summed E-state index contributed by atoms with van der Waals surface area (Å²) in [5.74, 6) is 0.836. The fourth-order valence-corrected chi connectivity index (χ4v) is 4.54. The minimum atomic E-state index is 0.0706. The van der Waals surface area contributed by atoms with Crippen molar-refractivity contribution < 1.29 is 9.21 Å². The van der Waals surface area contributed by atoms with Crippen LogP contribution in [-0.4, -0.2) is 36.5 Å². The lowest BCUT2D eigenvalue weighted by atomic mass is 9.98. The standard InChI is InChI=1S/C24H32N2O2/c27-24(16-23-22-11-7-6-10-20(22)18-28-23)25-21-12-14-26(15-13-21)17-19-8-4-2-1-3-5-9-19/h6-8,10-11,18,21H,1-5,9,12-17H2,(H,25,27). The molecule has 1 aromatic heterocycles. The molecule has 0 bridgehead atoms. The molecule has 1 fully saturated rings. The van der Waals surface area contributed by atoms with Gasteiger partial charge in [0.15, 0.2) is 0 Å². The Labute approximate surface area is 168 Å². The van der Waals surface area contributed by atoms with Crippen LogP contribution < -0.4 is 5.32 Å². The number of furan rings is 1. The molecule has 2 aromatic rings. The van der Waals surface area contributed by atoms with Gasteiger partial charge in [0.2, 0.25) is 5.91 Å². The van der Waals surface area contributed by atoms with E-state index in [0.29, 0.717) is 6.42 Å². The lowest BCUT2D eigenvalue weighted by Gasteiger charge is -2.33. The van der Waals surface area contributed by atoms with Gasteiger partial charge in [0.1, 0.15) is 5.76 Å². The van der Waals surface area contributed by atoms with E-state index in [1.54, 1.807) is 11.8 Å². The Kier molecular flexibility index (Phi) is 6.48. The number of nitrogens with zero attached hydrogens (tertiary/aromatic N) is 1. The number of piperidine rings is 1. The topological polar surface area (TPSA) is 45.5 Å². The molecule has 0 spiro atoms. The summed E-state index contributed by atoms with van der Waals surface area (Å²) in [6.07, 6.45) is 14.6. The van der Waals surface area contributed by atoms with Gasteiger partial charge in [-0.15, -0.1) is 0 Å². The van der Waals surface area contributed by atoms with Crippen LogP contribution in [0, 0.1) is 0 Å². The van der Waals surface area contributed by atoms with Crippen molar-refractivity contribution in [3.8, 4) is 0 Å². The molecular formula is C24H32N2O2. The van der Waals surface area contributed by atoms with Crippen molar-refractivity contribution in [1.82, 2.24) is 10.2 Å². The number of amides is 1. The van der Waals surface area contributed by atoms with Gasteiger partial charge in [-0.2, -0.15) is 0 Å². The lowest BCUT2D eigenvalue weighted by Crippen LogP contribution is -2.45. The molecule has 0 radical (unpaired) electrons. The second-order valence-corrected chi connectivity index (χ2v) is 8.36. The molecule has 0 atom stereocenters. The van der Waals surface area contributed by atoms with Gasteiger partial charge in [0.05, 0.1) is 12.7 Å². The van der Waals surface area contributed by atoms with E-state index in [2.05, 4.69) is 16.3 Å². The number of hydrogen-bond acceptors (Lipinski definition) is 3. The van der Waals surface area contributed by atoms with Crippen LogP contribution in [0.1, 0.15) is 57.1 Å². The van der Waals surface area contributed by atoms with Crippen LogP contribution in [0.25, 0.3) is 10.8 Å². The molecule has 1 aromatic carbocycles. The SMILES string of the molecule is O=C(Cc1occ2ccccc12)NC1CCN(CC2=CCCCCCC2)CC1. The van der Waals surface area contributed by atoms with Crippen molar-refractivity contribution in [2.45, 2.75) is 63.8 Å². The molecule has 0 unspecified atom stereocenters. The monoisotopic (exact) mass is 380 g/mol. The molecule has 4 nitrogen and oxygen atoms in total. The quantitative estimate of drug-likeness (QED) is 0.755. The Morgan fingerprint density at radius 1 is 1.11 bits per heavy atom. The Morgan fingerprint density at radius 3 is 2.82 bits per heavy atom. The number of benzene rings is 1. The molecule has 4 rings (SSSR count). The number of hydrogen-bond donors (Lipinski definition) is 1. The van der Waals surface area contributed by atoms with Crippen LogP contribution >= 0.6 is 0 Å². The van der Waals surface area contributed by atoms with Crippen LogP contribution in [0.2, 0.25) is 0 Å². The highest BCUT2D eigenvalue weighted by atomic mass is 16.3. The Bertz CT molecular complexity index is 815. The van der Waals surface area contributed by atoms with E-state index < -0.39 is 0 Å². The molecule has 1 N–H and O–H groups in total. The third kappa shape index (κ3) is 5.05. The average Bonchev–Trinajstić information content (AvgIpc) is 3.08. The molecule has 28 heavy (non-hydrogen) atoms. The van der Waals surface area contributed by atoms with Crippen molar-refractivity contribution in [3.05, 3.63) is 47.9 Å². The Hall–Kier alpha value is -2.07. The molecule has 4 heteroatoms.